The van der Waals surface area contributed by atoms with Gasteiger partial charge in [-0.1, -0.05) is 12.1 Å². The summed E-state index contributed by atoms with van der Waals surface area (Å²) >= 11 is 0. The molecule has 1 aromatic rings. The largest absolute Gasteiger partial charge is 0.484 e. The van der Waals surface area contributed by atoms with Gasteiger partial charge in [-0.25, -0.2) is 0 Å². The topological polar surface area (TPSA) is 67.4 Å². The number of ether oxygens (including phenoxy) is 1. The number of hydrogen-bond acceptors (Lipinski definition) is 3. The van der Waals surface area contributed by atoms with E-state index in [4.69, 9.17) is 0 Å². The first-order valence-corrected chi connectivity index (χ1v) is 11.0. The standard InChI is InChI=1S/C23H29F3N2O3/c24-23(25,26)14-31-19-3-1-15(2-4-19)13-28-20(29)5-6-27-21(30)22-10-16-7-17(11-22)9-18(8-16)12-22/h1-4,16-18H,5-14H2,(H,27,30)(H,28,29). The van der Waals surface area contributed by atoms with Gasteiger partial charge in [0.15, 0.2) is 6.61 Å². The molecule has 170 valence electrons. The lowest BCUT2D eigenvalue weighted by Crippen LogP contribution is -2.53. The van der Waals surface area contributed by atoms with Gasteiger partial charge in [-0.05, 0) is 74.0 Å². The fourth-order valence-electron chi connectivity index (χ4n) is 6.02. The summed E-state index contributed by atoms with van der Waals surface area (Å²) in [6.45, 7) is -0.754. The van der Waals surface area contributed by atoms with Crippen LogP contribution in [0, 0.1) is 23.2 Å². The maximum atomic E-state index is 12.9. The Balaban J connectivity index is 1.16. The summed E-state index contributed by atoms with van der Waals surface area (Å²) in [5.41, 5.74) is 0.548. The minimum atomic E-state index is -4.38. The molecule has 4 bridgehead atoms. The molecule has 2 N–H and O–H groups in total. The van der Waals surface area contributed by atoms with Crippen LogP contribution >= 0.6 is 0 Å². The van der Waals surface area contributed by atoms with Crippen LogP contribution in [0.4, 0.5) is 13.2 Å². The van der Waals surface area contributed by atoms with Crippen LogP contribution < -0.4 is 15.4 Å². The summed E-state index contributed by atoms with van der Waals surface area (Å²) < 4.78 is 41.2. The average Bonchev–Trinajstić information content (AvgIpc) is 2.70. The van der Waals surface area contributed by atoms with Crippen LogP contribution in [0.5, 0.6) is 5.75 Å². The molecule has 0 radical (unpaired) electrons. The molecular weight excluding hydrogens is 409 g/mol. The molecule has 4 saturated carbocycles. The Bertz CT molecular complexity index is 772. The number of rotatable bonds is 8. The Labute approximate surface area is 180 Å². The zero-order valence-corrected chi connectivity index (χ0v) is 17.5. The van der Waals surface area contributed by atoms with Crippen molar-refractivity contribution >= 4 is 11.8 Å². The van der Waals surface area contributed by atoms with E-state index in [0.29, 0.717) is 24.3 Å². The molecule has 1 aromatic carbocycles. The molecule has 2 amide bonds. The van der Waals surface area contributed by atoms with Crippen LogP contribution in [0.1, 0.15) is 50.5 Å². The van der Waals surface area contributed by atoms with Gasteiger partial charge in [-0.2, -0.15) is 13.2 Å². The number of nitrogens with one attached hydrogen (secondary N) is 2. The first-order valence-electron chi connectivity index (χ1n) is 11.0. The molecule has 5 nitrogen and oxygen atoms in total. The van der Waals surface area contributed by atoms with Gasteiger partial charge >= 0.3 is 6.18 Å². The number of hydrogen-bond donors (Lipinski definition) is 2. The quantitative estimate of drug-likeness (QED) is 0.646. The molecule has 5 rings (SSSR count). The van der Waals surface area contributed by atoms with E-state index in [0.717, 1.165) is 24.8 Å². The van der Waals surface area contributed by atoms with E-state index in [9.17, 15) is 22.8 Å². The molecule has 0 saturated heterocycles. The monoisotopic (exact) mass is 438 g/mol. The van der Waals surface area contributed by atoms with E-state index in [-0.39, 0.29) is 35.9 Å². The van der Waals surface area contributed by atoms with Crippen molar-refractivity contribution in [1.29, 1.82) is 0 Å². The smallest absolute Gasteiger partial charge is 0.422 e. The van der Waals surface area contributed by atoms with Crippen LogP contribution in [-0.2, 0) is 16.1 Å². The number of amides is 2. The third kappa shape index (κ3) is 5.52. The van der Waals surface area contributed by atoms with E-state index in [1.54, 1.807) is 12.1 Å². The Morgan fingerprint density at radius 1 is 0.968 bits per heavy atom. The van der Waals surface area contributed by atoms with Gasteiger partial charge in [0.2, 0.25) is 11.8 Å². The molecule has 31 heavy (non-hydrogen) atoms. The van der Waals surface area contributed by atoms with Crippen molar-refractivity contribution in [1.82, 2.24) is 10.6 Å². The van der Waals surface area contributed by atoms with Crippen LogP contribution in [0.3, 0.4) is 0 Å². The van der Waals surface area contributed by atoms with Gasteiger partial charge in [0.25, 0.3) is 0 Å². The number of benzene rings is 1. The maximum Gasteiger partial charge on any atom is 0.422 e. The Morgan fingerprint density at radius 2 is 1.55 bits per heavy atom. The first-order chi connectivity index (χ1) is 14.7. The second-order valence-corrected chi connectivity index (χ2v) is 9.53. The van der Waals surface area contributed by atoms with Crippen molar-refractivity contribution in [3.63, 3.8) is 0 Å². The van der Waals surface area contributed by atoms with Gasteiger partial charge in [0, 0.05) is 24.9 Å². The normalized spacial score (nSPS) is 28.9. The molecular formula is C23H29F3N2O3. The van der Waals surface area contributed by atoms with Gasteiger partial charge in [-0.3, -0.25) is 9.59 Å². The Kier molecular flexibility index (Phi) is 6.17. The summed E-state index contributed by atoms with van der Waals surface area (Å²) in [6.07, 6.45) is 2.67. The summed E-state index contributed by atoms with van der Waals surface area (Å²) in [5.74, 6) is 2.17. The number of halogens is 3. The van der Waals surface area contributed by atoms with Gasteiger partial charge in [-0.15, -0.1) is 0 Å². The summed E-state index contributed by atoms with van der Waals surface area (Å²) in [4.78, 5) is 25.0. The molecule has 4 aliphatic rings. The Morgan fingerprint density at radius 3 is 2.10 bits per heavy atom. The van der Waals surface area contributed by atoms with Crippen molar-refractivity contribution < 1.29 is 27.5 Å². The van der Waals surface area contributed by atoms with Crippen molar-refractivity contribution in [2.24, 2.45) is 23.2 Å². The predicted octanol–water partition coefficient (Wildman–Crippen LogP) is 3.97. The third-order valence-electron chi connectivity index (χ3n) is 6.97. The molecule has 0 aromatic heterocycles. The molecule has 4 fully saturated rings. The van der Waals surface area contributed by atoms with Gasteiger partial charge in [0.1, 0.15) is 5.75 Å². The molecule has 0 atom stereocenters. The highest BCUT2D eigenvalue weighted by molar-refractivity contribution is 5.84. The molecule has 8 heteroatoms. The van der Waals surface area contributed by atoms with E-state index in [1.807, 2.05) is 0 Å². The highest BCUT2D eigenvalue weighted by Crippen LogP contribution is 2.60. The zero-order valence-electron chi connectivity index (χ0n) is 17.5. The molecule has 0 aliphatic heterocycles. The van der Waals surface area contributed by atoms with Crippen LogP contribution in [0.15, 0.2) is 24.3 Å². The van der Waals surface area contributed by atoms with Crippen molar-refractivity contribution in [2.75, 3.05) is 13.2 Å². The minimum absolute atomic E-state index is 0.119. The van der Waals surface area contributed by atoms with Gasteiger partial charge < -0.3 is 15.4 Å². The fourth-order valence-corrected chi connectivity index (χ4v) is 6.02. The first kappa shape index (κ1) is 22.0. The third-order valence-corrected chi connectivity index (χ3v) is 6.97. The minimum Gasteiger partial charge on any atom is -0.484 e. The number of carbonyl (C=O) groups is 2. The molecule has 0 spiro atoms. The lowest BCUT2D eigenvalue weighted by molar-refractivity contribution is -0.153. The second-order valence-electron chi connectivity index (χ2n) is 9.53. The van der Waals surface area contributed by atoms with Gasteiger partial charge in [0.05, 0.1) is 0 Å². The van der Waals surface area contributed by atoms with E-state index in [2.05, 4.69) is 15.4 Å². The lowest BCUT2D eigenvalue weighted by Gasteiger charge is -2.55. The summed E-state index contributed by atoms with van der Waals surface area (Å²) in [7, 11) is 0. The fraction of sp³-hybridized carbons (Fsp3) is 0.652. The zero-order chi connectivity index (χ0) is 22.1. The number of alkyl halides is 3. The van der Waals surface area contributed by atoms with Crippen LogP contribution in [-0.4, -0.2) is 31.1 Å². The van der Waals surface area contributed by atoms with Crippen LogP contribution in [0.25, 0.3) is 0 Å². The molecule has 4 aliphatic carbocycles. The van der Waals surface area contributed by atoms with E-state index < -0.39 is 12.8 Å². The van der Waals surface area contributed by atoms with E-state index >= 15 is 0 Å². The van der Waals surface area contributed by atoms with E-state index in [1.165, 1.54) is 31.4 Å². The van der Waals surface area contributed by atoms with Crippen molar-refractivity contribution in [3.8, 4) is 5.75 Å². The Hall–Kier alpha value is -2.25. The summed E-state index contributed by atoms with van der Waals surface area (Å²) in [5, 5.41) is 5.77. The average molecular weight is 438 g/mol. The maximum absolute atomic E-state index is 12.9. The van der Waals surface area contributed by atoms with Crippen molar-refractivity contribution in [3.05, 3.63) is 29.8 Å². The van der Waals surface area contributed by atoms with Crippen molar-refractivity contribution in [2.45, 2.75) is 57.7 Å². The summed E-state index contributed by atoms with van der Waals surface area (Å²) in [6, 6.07) is 6.11. The number of carbonyl (C=O) groups excluding carboxylic acids is 2. The highest BCUT2D eigenvalue weighted by atomic mass is 19.4. The second kappa shape index (κ2) is 8.71. The lowest BCUT2D eigenvalue weighted by atomic mass is 9.49. The molecule has 0 heterocycles. The van der Waals surface area contributed by atoms with Crippen LogP contribution in [0.2, 0.25) is 0 Å². The predicted molar refractivity (Wildman–Crippen MR) is 108 cm³/mol. The SMILES string of the molecule is O=C(CCNC(=O)C12CC3CC(CC(C3)C1)C2)NCc1ccc(OCC(F)(F)F)cc1. The highest BCUT2D eigenvalue weighted by Gasteiger charge is 2.54. The molecule has 0 unspecified atom stereocenters.